The van der Waals surface area contributed by atoms with Gasteiger partial charge in [-0.25, -0.2) is 13.1 Å². The number of carbonyl (C=O) groups is 1. The maximum absolute atomic E-state index is 13.8. The van der Waals surface area contributed by atoms with Crippen LogP contribution in [0.2, 0.25) is 10.0 Å². The van der Waals surface area contributed by atoms with Gasteiger partial charge in [0.2, 0.25) is 0 Å². The summed E-state index contributed by atoms with van der Waals surface area (Å²) in [6.45, 7) is 6.77. The lowest BCUT2D eigenvalue weighted by Crippen LogP contribution is -2.47. The van der Waals surface area contributed by atoms with E-state index in [1.165, 1.54) is 23.8 Å². The highest BCUT2D eigenvalue weighted by Gasteiger charge is 2.29. The van der Waals surface area contributed by atoms with Crippen LogP contribution >= 0.6 is 23.2 Å². The van der Waals surface area contributed by atoms with Crippen LogP contribution in [0.15, 0.2) is 114 Å². The summed E-state index contributed by atoms with van der Waals surface area (Å²) < 4.78 is 35.5. The Bertz CT molecular complexity index is 2400. The van der Waals surface area contributed by atoms with E-state index in [1.54, 1.807) is 36.4 Å². The van der Waals surface area contributed by atoms with Gasteiger partial charge in [0.1, 0.15) is 17.2 Å². The van der Waals surface area contributed by atoms with E-state index < -0.39 is 31.4 Å². The lowest BCUT2D eigenvalue weighted by atomic mass is 9.94. The Kier molecular flexibility index (Phi) is 12.5. The Hall–Kier alpha value is -5.18. The van der Waals surface area contributed by atoms with E-state index >= 15 is 0 Å². The number of hydrogen-bond donors (Lipinski definition) is 2. The Labute approximate surface area is 348 Å². The van der Waals surface area contributed by atoms with Crippen molar-refractivity contribution in [2.75, 3.05) is 56.5 Å². The molecule has 0 aliphatic carbocycles. The number of piperazine rings is 1. The molecule has 1 amide bonds. The number of hydrogen-bond acceptors (Lipinski definition) is 10. The monoisotopic (exact) mass is 842 g/mol. The van der Waals surface area contributed by atoms with Gasteiger partial charge < -0.3 is 19.9 Å². The van der Waals surface area contributed by atoms with Crippen molar-refractivity contribution in [3.63, 3.8) is 0 Å². The number of nitrogens with zero attached hydrogens (tertiary/aromatic N) is 4. The number of para-hydroxylation sites is 1. The number of nitro groups is 1. The van der Waals surface area contributed by atoms with Gasteiger partial charge in [-0.2, -0.15) is 0 Å². The quantitative estimate of drug-likeness (QED) is 0.0926. The van der Waals surface area contributed by atoms with E-state index in [-0.39, 0.29) is 34.8 Å². The minimum Gasteiger partial charge on any atom is -0.455 e. The molecule has 0 radical (unpaired) electrons. The van der Waals surface area contributed by atoms with Crippen molar-refractivity contribution in [1.82, 2.24) is 14.5 Å². The van der Waals surface area contributed by atoms with Crippen molar-refractivity contribution in [3.8, 4) is 22.6 Å². The Balaban J connectivity index is 1.09. The summed E-state index contributed by atoms with van der Waals surface area (Å²) in [6, 6.07) is 31.7. The molecule has 2 aliphatic heterocycles. The van der Waals surface area contributed by atoms with Crippen LogP contribution in [0.1, 0.15) is 41.7 Å². The van der Waals surface area contributed by atoms with Crippen LogP contribution in [0.4, 0.5) is 17.1 Å². The first-order chi connectivity index (χ1) is 27.9. The molecule has 2 heterocycles. The fraction of sp³-hybridized carbons (Fsp3) is 0.279. The zero-order valence-electron chi connectivity index (χ0n) is 32.1. The molecule has 15 heteroatoms. The van der Waals surface area contributed by atoms with Crippen LogP contribution in [-0.4, -0.2) is 81.4 Å². The zero-order chi connectivity index (χ0) is 41.0. The van der Waals surface area contributed by atoms with Gasteiger partial charge >= 0.3 is 0 Å². The molecule has 58 heavy (non-hydrogen) atoms. The van der Waals surface area contributed by atoms with Gasteiger partial charge in [0.25, 0.3) is 21.6 Å². The summed E-state index contributed by atoms with van der Waals surface area (Å²) in [5.74, 6) is -0.600. The summed E-state index contributed by atoms with van der Waals surface area (Å²) in [5.41, 5.74) is 4.00. The molecule has 0 spiro atoms. The minimum atomic E-state index is -4.55. The highest BCUT2D eigenvalue weighted by molar-refractivity contribution is 7.90. The van der Waals surface area contributed by atoms with E-state index in [4.69, 9.17) is 27.9 Å². The fourth-order valence-corrected chi connectivity index (χ4v) is 8.79. The standard InChI is InChI=1S/C43H44Cl2N6O6S/c1-29(35-7-3-4-8-36(35)30-11-13-31(44)14-12-30)49-23-25-50(26-24-49)33-15-17-37(42(27-33)57-41-10-6-5-9-38(41)45)43(52)47-58(55,56)34-16-18-39(40(28-34)51(53)54)46-32-19-21-48(2)22-20-32/h3-18,27-29,32,46H,19-26H2,1-2H3,(H,47,52). The third-order valence-electron chi connectivity index (χ3n) is 10.8. The van der Waals surface area contributed by atoms with Crippen molar-refractivity contribution in [3.05, 3.63) is 140 Å². The second-order valence-electron chi connectivity index (χ2n) is 14.6. The number of sulfonamides is 1. The molecule has 0 aromatic heterocycles. The molecule has 302 valence electrons. The predicted octanol–water partition coefficient (Wildman–Crippen LogP) is 8.87. The van der Waals surface area contributed by atoms with E-state index in [0.717, 1.165) is 61.9 Å². The van der Waals surface area contributed by atoms with Gasteiger partial charge in [-0.1, -0.05) is 71.7 Å². The molecule has 2 aliphatic rings. The van der Waals surface area contributed by atoms with Crippen LogP contribution in [-0.2, 0) is 10.0 Å². The van der Waals surface area contributed by atoms with Crippen molar-refractivity contribution >= 4 is 56.2 Å². The second kappa shape index (κ2) is 17.8. The first-order valence-corrected chi connectivity index (χ1v) is 21.3. The first-order valence-electron chi connectivity index (χ1n) is 19.1. The number of rotatable bonds is 12. The lowest BCUT2D eigenvalue weighted by molar-refractivity contribution is -0.384. The summed E-state index contributed by atoms with van der Waals surface area (Å²) in [7, 11) is -2.54. The van der Waals surface area contributed by atoms with Crippen LogP contribution in [0.25, 0.3) is 11.1 Å². The Morgan fingerprint density at radius 1 is 0.845 bits per heavy atom. The van der Waals surface area contributed by atoms with E-state index in [9.17, 15) is 23.3 Å². The van der Waals surface area contributed by atoms with Gasteiger partial charge in [-0.15, -0.1) is 0 Å². The lowest BCUT2D eigenvalue weighted by Gasteiger charge is -2.40. The molecule has 5 aromatic rings. The van der Waals surface area contributed by atoms with Gasteiger partial charge in [0.05, 0.1) is 20.4 Å². The molecule has 1 atom stereocenters. The summed E-state index contributed by atoms with van der Waals surface area (Å²) in [4.78, 5) is 31.6. The molecular weight excluding hydrogens is 799 g/mol. The van der Waals surface area contributed by atoms with Crippen molar-refractivity contribution in [2.45, 2.75) is 36.7 Å². The first kappa shape index (κ1) is 41.0. The maximum Gasteiger partial charge on any atom is 0.293 e. The SMILES string of the molecule is CC(c1ccccc1-c1ccc(Cl)cc1)N1CCN(c2ccc(C(=O)NS(=O)(=O)c3ccc(NC4CCN(C)CC4)c([N+](=O)[O-])c3)c(Oc3ccccc3Cl)c2)CC1. The number of ether oxygens (including phenoxy) is 1. The number of benzene rings is 5. The molecular formula is C43H44Cl2N6O6S. The van der Waals surface area contributed by atoms with Crippen LogP contribution in [0.5, 0.6) is 11.5 Å². The van der Waals surface area contributed by atoms with Crippen molar-refractivity contribution in [1.29, 1.82) is 0 Å². The van der Waals surface area contributed by atoms with Gasteiger partial charge in [-0.3, -0.25) is 19.8 Å². The van der Waals surface area contributed by atoms with Crippen molar-refractivity contribution < 1.29 is 22.9 Å². The van der Waals surface area contributed by atoms with E-state index in [0.29, 0.717) is 23.1 Å². The second-order valence-corrected chi connectivity index (χ2v) is 17.1. The topological polar surface area (TPSA) is 137 Å². The number of amides is 1. The largest absolute Gasteiger partial charge is 0.455 e. The van der Waals surface area contributed by atoms with Crippen molar-refractivity contribution in [2.24, 2.45) is 0 Å². The Morgan fingerprint density at radius 3 is 2.24 bits per heavy atom. The van der Waals surface area contributed by atoms with Crippen LogP contribution < -0.4 is 19.7 Å². The smallest absolute Gasteiger partial charge is 0.293 e. The minimum absolute atomic E-state index is 0.00672. The number of anilines is 2. The number of likely N-dealkylation sites (tertiary alicyclic amines) is 1. The number of halogens is 2. The predicted molar refractivity (Wildman–Crippen MR) is 229 cm³/mol. The third-order valence-corrected chi connectivity index (χ3v) is 12.7. The number of nitrogens with one attached hydrogen (secondary N) is 2. The molecule has 0 saturated carbocycles. The molecule has 2 fully saturated rings. The normalized spacial score (nSPS) is 16.1. The highest BCUT2D eigenvalue weighted by Crippen LogP contribution is 2.37. The molecule has 1 unspecified atom stereocenters. The molecule has 0 bridgehead atoms. The number of piperidine rings is 1. The molecule has 2 N–H and O–H groups in total. The third kappa shape index (κ3) is 9.40. The molecule has 5 aromatic carbocycles. The van der Waals surface area contributed by atoms with E-state index in [2.05, 4.69) is 49.9 Å². The average Bonchev–Trinajstić information content (AvgIpc) is 3.22. The van der Waals surface area contributed by atoms with Crippen LogP contribution in [0, 0.1) is 10.1 Å². The van der Waals surface area contributed by atoms with Gasteiger partial charge in [-0.05, 0) is 105 Å². The summed E-state index contributed by atoms with van der Waals surface area (Å²) in [6.07, 6.45) is 1.58. The summed E-state index contributed by atoms with van der Waals surface area (Å²) >= 11 is 12.6. The van der Waals surface area contributed by atoms with Crippen LogP contribution in [0.3, 0.4) is 0 Å². The highest BCUT2D eigenvalue weighted by atomic mass is 35.5. The zero-order valence-corrected chi connectivity index (χ0v) is 34.4. The molecule has 7 rings (SSSR count). The maximum atomic E-state index is 13.8. The summed E-state index contributed by atoms with van der Waals surface area (Å²) in [5, 5.41) is 16.3. The molecule has 12 nitrogen and oxygen atoms in total. The number of nitro benzene ring substituents is 1. The Morgan fingerprint density at radius 2 is 1.53 bits per heavy atom. The fourth-order valence-electron chi connectivity index (χ4n) is 7.50. The van der Waals surface area contributed by atoms with Gasteiger partial charge in [0, 0.05) is 61.1 Å². The number of carbonyl (C=O) groups excluding carboxylic acids is 1. The molecule has 2 saturated heterocycles. The van der Waals surface area contributed by atoms with Gasteiger partial charge in [0.15, 0.2) is 0 Å². The van der Waals surface area contributed by atoms with E-state index in [1.807, 2.05) is 37.4 Å². The average molecular weight is 844 g/mol.